The van der Waals surface area contributed by atoms with Crippen LogP contribution >= 0.6 is 0 Å². The van der Waals surface area contributed by atoms with E-state index in [0.717, 1.165) is 42.8 Å². The van der Waals surface area contributed by atoms with Crippen molar-refractivity contribution in [2.75, 3.05) is 19.7 Å². The molecule has 1 unspecified atom stereocenters. The molecule has 2 aliphatic heterocycles. The molecule has 0 radical (unpaired) electrons. The van der Waals surface area contributed by atoms with Crippen molar-refractivity contribution in [2.24, 2.45) is 7.05 Å². The lowest BCUT2D eigenvalue weighted by molar-refractivity contribution is -0.135. The zero-order chi connectivity index (χ0) is 23.7. The molecular formula is C26H29N5O3. The van der Waals surface area contributed by atoms with Crippen LogP contribution in [0.2, 0.25) is 0 Å². The van der Waals surface area contributed by atoms with Gasteiger partial charge in [-0.25, -0.2) is 0 Å². The number of hydrogen-bond donors (Lipinski definition) is 0. The molecular weight excluding hydrogens is 430 g/mol. The number of carbonyl (C=O) groups is 2. The van der Waals surface area contributed by atoms with E-state index in [1.54, 1.807) is 24.7 Å². The van der Waals surface area contributed by atoms with Gasteiger partial charge < -0.3 is 14.2 Å². The summed E-state index contributed by atoms with van der Waals surface area (Å²) in [6.45, 7) is 4.22. The third kappa shape index (κ3) is 4.50. The molecule has 0 bridgehead atoms. The third-order valence-corrected chi connectivity index (χ3v) is 7.04. The minimum absolute atomic E-state index is 0.0663. The maximum atomic E-state index is 13.0. The fourth-order valence-electron chi connectivity index (χ4n) is 4.80. The molecule has 0 N–H and O–H groups in total. The van der Waals surface area contributed by atoms with Crippen LogP contribution in [0.3, 0.4) is 0 Å². The summed E-state index contributed by atoms with van der Waals surface area (Å²) in [5.41, 5.74) is 2.75. The molecule has 1 amide bonds. The van der Waals surface area contributed by atoms with E-state index in [2.05, 4.69) is 34.2 Å². The summed E-state index contributed by atoms with van der Waals surface area (Å²) >= 11 is 0. The van der Waals surface area contributed by atoms with Crippen molar-refractivity contribution in [3.05, 3.63) is 77.1 Å². The number of aryl methyl sites for hydroxylation is 1. The van der Waals surface area contributed by atoms with Crippen molar-refractivity contribution in [3.63, 3.8) is 0 Å². The Bertz CT molecular complexity index is 1220. The number of ketones is 1. The molecule has 2 atom stereocenters. The Labute approximate surface area is 199 Å². The lowest BCUT2D eigenvalue weighted by atomic mass is 9.94. The summed E-state index contributed by atoms with van der Waals surface area (Å²) < 4.78 is 7.64. The standard InChI is InChI=1S/C26H29N5O3/c1-18(12-24-29-28-17-30(24)2)20-5-3-4-19(13-20)14-23(32)22-15-21(6-9-27-22)25(33)31-10-7-26(16-31)8-11-34-26/h3-6,9,13,15,17-18H,7-8,10-12,14,16H2,1-2H3/t18-,26?/m1/s1. The SMILES string of the molecule is C[C@H](Cc1nncn1C)c1cccc(CC(=O)c2cc(C(=O)N3CCC4(CCO4)C3)ccn2)c1. The zero-order valence-corrected chi connectivity index (χ0v) is 19.6. The van der Waals surface area contributed by atoms with Gasteiger partial charge in [-0.15, -0.1) is 10.2 Å². The van der Waals surface area contributed by atoms with Crippen LogP contribution in [0.4, 0.5) is 0 Å². The van der Waals surface area contributed by atoms with Crippen molar-refractivity contribution in [1.82, 2.24) is 24.6 Å². The topological polar surface area (TPSA) is 90.2 Å². The van der Waals surface area contributed by atoms with E-state index in [1.165, 1.54) is 0 Å². The summed E-state index contributed by atoms with van der Waals surface area (Å²) in [6.07, 6.45) is 6.13. The normalized spacial score (nSPS) is 20.4. The van der Waals surface area contributed by atoms with Crippen molar-refractivity contribution in [3.8, 4) is 0 Å². The molecule has 34 heavy (non-hydrogen) atoms. The molecule has 5 rings (SSSR count). The van der Waals surface area contributed by atoms with E-state index in [4.69, 9.17) is 4.74 Å². The van der Waals surface area contributed by atoms with Gasteiger partial charge in [0.1, 0.15) is 17.8 Å². The Hall–Kier alpha value is -3.39. The van der Waals surface area contributed by atoms with Crippen molar-refractivity contribution < 1.29 is 14.3 Å². The van der Waals surface area contributed by atoms with E-state index in [9.17, 15) is 9.59 Å². The second-order valence-electron chi connectivity index (χ2n) is 9.50. The van der Waals surface area contributed by atoms with Crippen LogP contribution < -0.4 is 0 Å². The fourth-order valence-corrected chi connectivity index (χ4v) is 4.80. The molecule has 8 heteroatoms. The molecule has 2 saturated heterocycles. The summed E-state index contributed by atoms with van der Waals surface area (Å²) in [5, 5.41) is 8.12. The quantitative estimate of drug-likeness (QED) is 0.505. The van der Waals surface area contributed by atoms with Crippen LogP contribution in [0, 0.1) is 0 Å². The van der Waals surface area contributed by atoms with Gasteiger partial charge in [0.15, 0.2) is 5.78 Å². The summed E-state index contributed by atoms with van der Waals surface area (Å²) in [5.74, 6) is 0.990. The average Bonchev–Trinajstić information content (AvgIpc) is 3.46. The van der Waals surface area contributed by atoms with Crippen molar-refractivity contribution in [1.29, 1.82) is 0 Å². The first-order valence-corrected chi connectivity index (χ1v) is 11.8. The Morgan fingerprint density at radius 1 is 1.21 bits per heavy atom. The number of pyridine rings is 1. The summed E-state index contributed by atoms with van der Waals surface area (Å²) in [7, 11) is 1.94. The monoisotopic (exact) mass is 459 g/mol. The van der Waals surface area contributed by atoms with Crippen LogP contribution in [0.15, 0.2) is 48.9 Å². The van der Waals surface area contributed by atoms with Gasteiger partial charge in [-0.05, 0) is 35.6 Å². The number of amides is 1. The maximum absolute atomic E-state index is 13.0. The molecule has 1 aromatic carbocycles. The Balaban J connectivity index is 1.25. The number of carbonyl (C=O) groups excluding carboxylic acids is 2. The third-order valence-electron chi connectivity index (χ3n) is 7.04. The van der Waals surface area contributed by atoms with Crippen LogP contribution in [-0.4, -0.2) is 61.6 Å². The Morgan fingerprint density at radius 3 is 2.76 bits per heavy atom. The van der Waals surface area contributed by atoms with Crippen LogP contribution in [0.5, 0.6) is 0 Å². The van der Waals surface area contributed by atoms with Gasteiger partial charge in [0.05, 0.1) is 18.8 Å². The van der Waals surface area contributed by atoms with Crippen LogP contribution in [-0.2, 0) is 24.6 Å². The second kappa shape index (κ2) is 9.10. The second-order valence-corrected chi connectivity index (χ2v) is 9.50. The summed E-state index contributed by atoms with van der Waals surface area (Å²) in [4.78, 5) is 32.1. The number of aromatic nitrogens is 4. The number of nitrogens with zero attached hydrogens (tertiary/aromatic N) is 5. The molecule has 0 aliphatic carbocycles. The largest absolute Gasteiger partial charge is 0.373 e. The number of rotatable bonds is 7. The predicted molar refractivity (Wildman–Crippen MR) is 126 cm³/mol. The first-order valence-electron chi connectivity index (χ1n) is 11.8. The lowest BCUT2D eigenvalue weighted by Crippen LogP contribution is -2.46. The van der Waals surface area contributed by atoms with Crippen molar-refractivity contribution in [2.45, 2.75) is 44.1 Å². The number of hydrogen-bond acceptors (Lipinski definition) is 6. The highest BCUT2D eigenvalue weighted by Gasteiger charge is 2.45. The van der Waals surface area contributed by atoms with E-state index < -0.39 is 0 Å². The van der Waals surface area contributed by atoms with Gasteiger partial charge in [0.25, 0.3) is 5.91 Å². The highest BCUT2D eigenvalue weighted by molar-refractivity contribution is 6.00. The number of ether oxygens (including phenoxy) is 1. The Morgan fingerprint density at radius 2 is 2.06 bits per heavy atom. The number of Topliss-reactive ketones (excluding diaryl/α,β-unsaturated/α-hetero) is 1. The number of likely N-dealkylation sites (tertiary alicyclic amines) is 1. The smallest absolute Gasteiger partial charge is 0.254 e. The first-order chi connectivity index (χ1) is 16.4. The summed E-state index contributed by atoms with van der Waals surface area (Å²) in [6, 6.07) is 11.4. The fraction of sp³-hybridized carbons (Fsp3) is 0.423. The minimum Gasteiger partial charge on any atom is -0.373 e. The van der Waals surface area contributed by atoms with E-state index >= 15 is 0 Å². The molecule has 1 spiro atoms. The van der Waals surface area contributed by atoms with Gasteiger partial charge in [0.2, 0.25) is 0 Å². The van der Waals surface area contributed by atoms with Crippen LogP contribution in [0.25, 0.3) is 0 Å². The molecule has 3 aromatic rings. The van der Waals surface area contributed by atoms with Gasteiger partial charge in [-0.1, -0.05) is 31.2 Å². The molecule has 4 heterocycles. The minimum atomic E-state index is -0.143. The highest BCUT2D eigenvalue weighted by Crippen LogP contribution is 2.36. The molecule has 0 saturated carbocycles. The van der Waals surface area contributed by atoms with Gasteiger partial charge in [-0.2, -0.15) is 0 Å². The van der Waals surface area contributed by atoms with Crippen LogP contribution in [0.1, 0.15) is 63.5 Å². The van der Waals surface area contributed by atoms with Crippen molar-refractivity contribution >= 4 is 11.7 Å². The van der Waals surface area contributed by atoms with E-state index in [0.29, 0.717) is 24.3 Å². The molecule has 8 nitrogen and oxygen atoms in total. The van der Waals surface area contributed by atoms with E-state index in [1.807, 2.05) is 28.6 Å². The van der Waals surface area contributed by atoms with Gasteiger partial charge in [0, 0.05) is 44.6 Å². The number of benzene rings is 1. The molecule has 2 aromatic heterocycles. The van der Waals surface area contributed by atoms with E-state index in [-0.39, 0.29) is 29.6 Å². The Kier molecular flexibility index (Phi) is 6.00. The predicted octanol–water partition coefficient (Wildman–Crippen LogP) is 2.99. The molecule has 176 valence electrons. The lowest BCUT2D eigenvalue weighted by Gasteiger charge is -2.38. The molecule has 2 fully saturated rings. The average molecular weight is 460 g/mol. The maximum Gasteiger partial charge on any atom is 0.254 e. The zero-order valence-electron chi connectivity index (χ0n) is 19.6. The first kappa shape index (κ1) is 22.4. The molecule has 2 aliphatic rings. The van der Waals surface area contributed by atoms with Gasteiger partial charge >= 0.3 is 0 Å². The highest BCUT2D eigenvalue weighted by atomic mass is 16.5. The van der Waals surface area contributed by atoms with Gasteiger partial charge in [-0.3, -0.25) is 14.6 Å².